The molecule has 0 amide bonds. The zero-order chi connectivity index (χ0) is 13.1. The number of nitrogens with zero attached hydrogens (tertiary/aromatic N) is 3. The van der Waals surface area contributed by atoms with Crippen LogP contribution in [-0.4, -0.2) is 42.1 Å². The molecule has 1 aliphatic heterocycles. The predicted octanol–water partition coefficient (Wildman–Crippen LogP) is 1.63. The van der Waals surface area contributed by atoms with Gasteiger partial charge in [-0.05, 0) is 32.5 Å². The van der Waals surface area contributed by atoms with Gasteiger partial charge in [-0.1, -0.05) is 6.92 Å². The summed E-state index contributed by atoms with van der Waals surface area (Å²) in [6, 6.07) is 4.79. The molecule has 0 spiro atoms. The first-order valence-corrected chi connectivity index (χ1v) is 6.82. The van der Waals surface area contributed by atoms with E-state index in [4.69, 9.17) is 5.73 Å². The van der Waals surface area contributed by atoms with E-state index in [2.05, 4.69) is 34.7 Å². The van der Waals surface area contributed by atoms with Gasteiger partial charge in [0.15, 0.2) is 0 Å². The minimum atomic E-state index is 0.00918. The molecular formula is C14H24N4. The summed E-state index contributed by atoms with van der Waals surface area (Å²) in [6.45, 7) is 10.9. The van der Waals surface area contributed by atoms with Crippen molar-refractivity contribution in [1.82, 2.24) is 9.88 Å². The van der Waals surface area contributed by atoms with Crippen LogP contribution >= 0.6 is 0 Å². The molecule has 0 saturated carbocycles. The Bertz CT molecular complexity index is 374. The van der Waals surface area contributed by atoms with Gasteiger partial charge in [-0.2, -0.15) is 0 Å². The van der Waals surface area contributed by atoms with Crippen LogP contribution in [0.1, 0.15) is 32.5 Å². The quantitative estimate of drug-likeness (QED) is 0.883. The standard InChI is InChI=1S/C14H24N4/c1-4-17-7-8-18(10-11(17)2)13-5-6-14(12(3)15)16-9-13/h5-6,9,11-12H,4,7-8,10,15H2,1-3H3/t11?,12-/m0/s1. The molecule has 2 atom stereocenters. The summed E-state index contributed by atoms with van der Waals surface area (Å²) in [5.41, 5.74) is 7.99. The lowest BCUT2D eigenvalue weighted by molar-refractivity contribution is 0.199. The van der Waals surface area contributed by atoms with Gasteiger partial charge in [-0.3, -0.25) is 9.88 Å². The van der Waals surface area contributed by atoms with Crippen LogP contribution in [0.15, 0.2) is 18.3 Å². The highest BCUT2D eigenvalue weighted by atomic mass is 15.3. The summed E-state index contributed by atoms with van der Waals surface area (Å²) in [5.74, 6) is 0. The highest BCUT2D eigenvalue weighted by Crippen LogP contribution is 2.19. The lowest BCUT2D eigenvalue weighted by Gasteiger charge is -2.40. The molecule has 1 aliphatic rings. The molecule has 1 aromatic rings. The van der Waals surface area contributed by atoms with Gasteiger partial charge in [0, 0.05) is 31.7 Å². The molecule has 4 heteroatoms. The Morgan fingerprint density at radius 3 is 2.72 bits per heavy atom. The third-order valence-corrected chi connectivity index (χ3v) is 3.77. The van der Waals surface area contributed by atoms with Gasteiger partial charge in [0.05, 0.1) is 17.6 Å². The maximum Gasteiger partial charge on any atom is 0.0569 e. The Morgan fingerprint density at radius 2 is 2.22 bits per heavy atom. The highest BCUT2D eigenvalue weighted by molar-refractivity contribution is 5.45. The van der Waals surface area contributed by atoms with Gasteiger partial charge in [0.25, 0.3) is 0 Å². The maximum atomic E-state index is 5.82. The maximum absolute atomic E-state index is 5.82. The highest BCUT2D eigenvalue weighted by Gasteiger charge is 2.22. The molecular weight excluding hydrogens is 224 g/mol. The number of nitrogens with two attached hydrogens (primary N) is 1. The van der Waals surface area contributed by atoms with E-state index in [0.717, 1.165) is 31.9 Å². The van der Waals surface area contributed by atoms with Crippen LogP contribution in [0.3, 0.4) is 0 Å². The molecule has 100 valence electrons. The second-order valence-corrected chi connectivity index (χ2v) is 5.15. The smallest absolute Gasteiger partial charge is 0.0569 e. The van der Waals surface area contributed by atoms with Crippen LogP contribution in [0.25, 0.3) is 0 Å². The molecule has 1 fully saturated rings. The average Bonchev–Trinajstić information content (AvgIpc) is 2.38. The Hall–Kier alpha value is -1.13. The molecule has 1 saturated heterocycles. The molecule has 0 aromatic carbocycles. The van der Waals surface area contributed by atoms with Crippen LogP contribution in [0, 0.1) is 0 Å². The normalized spacial score (nSPS) is 23.1. The van der Waals surface area contributed by atoms with Crippen molar-refractivity contribution in [1.29, 1.82) is 0 Å². The number of hydrogen-bond acceptors (Lipinski definition) is 4. The lowest BCUT2D eigenvalue weighted by Crippen LogP contribution is -2.51. The second kappa shape index (κ2) is 5.67. The minimum Gasteiger partial charge on any atom is -0.367 e. The first kappa shape index (κ1) is 13.3. The van der Waals surface area contributed by atoms with Crippen molar-refractivity contribution in [3.63, 3.8) is 0 Å². The Balaban J connectivity index is 2.04. The minimum absolute atomic E-state index is 0.00918. The Morgan fingerprint density at radius 1 is 1.44 bits per heavy atom. The molecule has 0 radical (unpaired) electrons. The topological polar surface area (TPSA) is 45.4 Å². The zero-order valence-corrected chi connectivity index (χ0v) is 11.6. The number of anilines is 1. The van der Waals surface area contributed by atoms with Crippen LogP contribution in [0.2, 0.25) is 0 Å². The SMILES string of the molecule is CCN1CCN(c2ccc([C@H](C)N)nc2)CC1C. The van der Waals surface area contributed by atoms with Gasteiger partial charge >= 0.3 is 0 Å². The van der Waals surface area contributed by atoms with E-state index in [-0.39, 0.29) is 6.04 Å². The van der Waals surface area contributed by atoms with Crippen molar-refractivity contribution >= 4 is 5.69 Å². The summed E-state index contributed by atoms with van der Waals surface area (Å²) < 4.78 is 0. The Labute approximate surface area is 110 Å². The largest absolute Gasteiger partial charge is 0.367 e. The number of piperazine rings is 1. The van der Waals surface area contributed by atoms with E-state index in [0.29, 0.717) is 6.04 Å². The van der Waals surface area contributed by atoms with Crippen LogP contribution in [0.4, 0.5) is 5.69 Å². The Kier molecular flexibility index (Phi) is 4.19. The van der Waals surface area contributed by atoms with Gasteiger partial charge in [0.1, 0.15) is 0 Å². The van der Waals surface area contributed by atoms with Crippen molar-refractivity contribution < 1.29 is 0 Å². The fourth-order valence-electron chi connectivity index (χ4n) is 2.55. The van der Waals surface area contributed by atoms with Crippen molar-refractivity contribution in [2.45, 2.75) is 32.9 Å². The van der Waals surface area contributed by atoms with E-state index >= 15 is 0 Å². The average molecular weight is 248 g/mol. The summed E-state index contributed by atoms with van der Waals surface area (Å²) in [6.07, 6.45) is 1.95. The molecule has 0 bridgehead atoms. The summed E-state index contributed by atoms with van der Waals surface area (Å²) >= 11 is 0. The van der Waals surface area contributed by atoms with E-state index in [9.17, 15) is 0 Å². The van der Waals surface area contributed by atoms with Crippen molar-refractivity contribution in [3.05, 3.63) is 24.0 Å². The fraction of sp³-hybridized carbons (Fsp3) is 0.643. The van der Waals surface area contributed by atoms with Gasteiger partial charge in [0.2, 0.25) is 0 Å². The summed E-state index contributed by atoms with van der Waals surface area (Å²) in [4.78, 5) is 9.36. The van der Waals surface area contributed by atoms with E-state index < -0.39 is 0 Å². The van der Waals surface area contributed by atoms with Crippen LogP contribution < -0.4 is 10.6 Å². The van der Waals surface area contributed by atoms with Crippen molar-refractivity contribution in [2.24, 2.45) is 5.73 Å². The summed E-state index contributed by atoms with van der Waals surface area (Å²) in [5, 5.41) is 0. The molecule has 1 unspecified atom stereocenters. The van der Waals surface area contributed by atoms with E-state index in [1.807, 2.05) is 19.2 Å². The summed E-state index contributed by atoms with van der Waals surface area (Å²) in [7, 11) is 0. The number of likely N-dealkylation sites (N-methyl/N-ethyl adjacent to an activating group) is 1. The molecule has 18 heavy (non-hydrogen) atoms. The molecule has 2 heterocycles. The number of aromatic nitrogens is 1. The number of rotatable bonds is 3. The van der Waals surface area contributed by atoms with Crippen molar-refractivity contribution in [3.8, 4) is 0 Å². The van der Waals surface area contributed by atoms with Crippen LogP contribution in [0.5, 0.6) is 0 Å². The van der Waals surface area contributed by atoms with Crippen molar-refractivity contribution in [2.75, 3.05) is 31.1 Å². The monoisotopic (exact) mass is 248 g/mol. The van der Waals surface area contributed by atoms with Gasteiger partial charge in [-0.15, -0.1) is 0 Å². The molecule has 0 aliphatic carbocycles. The molecule has 2 N–H and O–H groups in total. The first-order valence-electron chi connectivity index (χ1n) is 6.82. The van der Waals surface area contributed by atoms with E-state index in [1.165, 1.54) is 5.69 Å². The van der Waals surface area contributed by atoms with Gasteiger partial charge < -0.3 is 10.6 Å². The number of pyridine rings is 1. The first-order chi connectivity index (χ1) is 8.61. The molecule has 4 nitrogen and oxygen atoms in total. The lowest BCUT2D eigenvalue weighted by atomic mass is 10.1. The predicted molar refractivity (Wildman–Crippen MR) is 75.8 cm³/mol. The molecule has 2 rings (SSSR count). The van der Waals surface area contributed by atoms with E-state index in [1.54, 1.807) is 0 Å². The third kappa shape index (κ3) is 2.82. The zero-order valence-electron chi connectivity index (χ0n) is 11.6. The third-order valence-electron chi connectivity index (χ3n) is 3.77. The number of hydrogen-bond donors (Lipinski definition) is 1. The fourth-order valence-corrected chi connectivity index (χ4v) is 2.55. The molecule has 1 aromatic heterocycles. The van der Waals surface area contributed by atoms with Gasteiger partial charge in [-0.25, -0.2) is 0 Å². The second-order valence-electron chi connectivity index (χ2n) is 5.15. The van der Waals surface area contributed by atoms with Crippen LogP contribution in [-0.2, 0) is 0 Å².